The molecule has 0 spiro atoms. The molecule has 0 heterocycles. The molecule has 0 aliphatic heterocycles. The van der Waals surface area contributed by atoms with Gasteiger partial charge >= 0.3 is 0 Å². The molecule has 0 rings (SSSR count). The van der Waals surface area contributed by atoms with Crippen LogP contribution < -0.4 is 0 Å². The highest BCUT2D eigenvalue weighted by Crippen LogP contribution is 2.29. The van der Waals surface area contributed by atoms with Crippen LogP contribution in [0, 0.1) is 11.3 Å². The van der Waals surface area contributed by atoms with Gasteiger partial charge in [-0.3, -0.25) is 0 Å². The van der Waals surface area contributed by atoms with E-state index in [1.54, 1.807) is 6.08 Å². The maximum Gasteiger partial charge on any atom is 0.234 e. The third kappa shape index (κ3) is 7.80. The van der Waals surface area contributed by atoms with Crippen molar-refractivity contribution in [1.29, 1.82) is 0 Å². The molecule has 15 heavy (non-hydrogen) atoms. The molecule has 0 radical (unpaired) electrons. The highest BCUT2D eigenvalue weighted by molar-refractivity contribution is 5.33. The van der Waals surface area contributed by atoms with Gasteiger partial charge in [0.15, 0.2) is 0 Å². The molecule has 0 aliphatic rings. The van der Waals surface area contributed by atoms with Crippen LogP contribution in [0.2, 0.25) is 0 Å². The van der Waals surface area contributed by atoms with Gasteiger partial charge in [-0.15, -0.1) is 0 Å². The van der Waals surface area contributed by atoms with Crippen LogP contribution in [0.3, 0.4) is 0 Å². The van der Waals surface area contributed by atoms with E-state index in [4.69, 9.17) is 0 Å². The van der Waals surface area contributed by atoms with E-state index in [1.165, 1.54) is 6.08 Å². The molecule has 0 aromatic carbocycles. The van der Waals surface area contributed by atoms with E-state index in [0.29, 0.717) is 19.0 Å². The monoisotopic (exact) mass is 210 g/mol. The van der Waals surface area contributed by atoms with E-state index in [1.807, 2.05) is 6.92 Å². The smallest absolute Gasteiger partial charge is 0.211 e. The van der Waals surface area contributed by atoms with Gasteiger partial charge in [-0.2, -0.15) is 0 Å². The Bertz CT molecular complexity index is 274. The molecule has 0 aliphatic carbocycles. The van der Waals surface area contributed by atoms with E-state index >= 15 is 0 Å². The third-order valence-corrected chi connectivity index (χ3v) is 2.33. The summed E-state index contributed by atoms with van der Waals surface area (Å²) in [6.07, 6.45) is 4.87. The van der Waals surface area contributed by atoms with Crippen LogP contribution in [-0.4, -0.2) is 25.2 Å². The van der Waals surface area contributed by atoms with Crippen LogP contribution in [0.4, 0.5) is 0 Å². The predicted octanol–water partition coefficient (Wildman–Crippen LogP) is 2.10. The standard InChI is InChI=1S/C11H18N2O2/c1-10(7-13-9-15)6-11(2,3)4-5-12-8-14/h10H,4-7H2,1-3H3/t10-/m1/s1. The SMILES string of the molecule is C[C@@H](CN=C=O)CC(C)(C)CCN=C=O. The zero-order valence-electron chi connectivity index (χ0n) is 9.62. The van der Waals surface area contributed by atoms with Crippen molar-refractivity contribution in [3.63, 3.8) is 0 Å². The van der Waals surface area contributed by atoms with E-state index < -0.39 is 0 Å². The van der Waals surface area contributed by atoms with Crippen molar-refractivity contribution in [3.05, 3.63) is 0 Å². The van der Waals surface area contributed by atoms with E-state index in [0.717, 1.165) is 12.8 Å². The van der Waals surface area contributed by atoms with E-state index in [2.05, 4.69) is 23.8 Å². The minimum absolute atomic E-state index is 0.109. The first-order valence-electron chi connectivity index (χ1n) is 5.09. The van der Waals surface area contributed by atoms with Crippen molar-refractivity contribution < 1.29 is 9.59 Å². The molecule has 0 unspecified atom stereocenters. The number of hydrogen-bond donors (Lipinski definition) is 0. The Morgan fingerprint density at radius 3 is 2.33 bits per heavy atom. The minimum atomic E-state index is 0.109. The van der Waals surface area contributed by atoms with Crippen molar-refractivity contribution in [2.75, 3.05) is 13.1 Å². The normalized spacial score (nSPS) is 12.5. The summed E-state index contributed by atoms with van der Waals surface area (Å²) in [6.45, 7) is 7.32. The van der Waals surface area contributed by atoms with Gasteiger partial charge in [0, 0.05) is 0 Å². The largest absolute Gasteiger partial charge is 0.234 e. The molecule has 0 amide bonds. The molecule has 0 bridgehead atoms. The summed E-state index contributed by atoms with van der Waals surface area (Å²) in [5.41, 5.74) is 0.109. The van der Waals surface area contributed by atoms with Crippen molar-refractivity contribution in [1.82, 2.24) is 0 Å². The van der Waals surface area contributed by atoms with Gasteiger partial charge in [0.2, 0.25) is 12.2 Å². The van der Waals surface area contributed by atoms with Crippen LogP contribution in [-0.2, 0) is 9.59 Å². The lowest BCUT2D eigenvalue weighted by molar-refractivity contribution is 0.264. The average Bonchev–Trinajstić information content (AvgIpc) is 2.14. The summed E-state index contributed by atoms with van der Waals surface area (Å²) in [7, 11) is 0. The van der Waals surface area contributed by atoms with Crippen LogP contribution >= 0.6 is 0 Å². The second kappa shape index (κ2) is 7.10. The molecule has 0 saturated heterocycles. The van der Waals surface area contributed by atoms with Crippen molar-refractivity contribution in [3.8, 4) is 0 Å². The summed E-state index contributed by atoms with van der Waals surface area (Å²) in [6, 6.07) is 0. The maximum absolute atomic E-state index is 9.94. The Morgan fingerprint density at radius 2 is 1.80 bits per heavy atom. The number of rotatable bonds is 7. The number of isocyanates is 2. The number of hydrogen-bond acceptors (Lipinski definition) is 4. The lowest BCUT2D eigenvalue weighted by Gasteiger charge is -2.26. The van der Waals surface area contributed by atoms with Crippen LogP contribution in [0.25, 0.3) is 0 Å². The summed E-state index contributed by atoms with van der Waals surface area (Å²) in [5.74, 6) is 0.349. The fourth-order valence-electron chi connectivity index (χ4n) is 1.71. The van der Waals surface area contributed by atoms with Gasteiger partial charge in [-0.1, -0.05) is 20.8 Å². The molecule has 0 aromatic rings. The summed E-state index contributed by atoms with van der Waals surface area (Å²) < 4.78 is 0. The fraction of sp³-hybridized carbons (Fsp3) is 0.818. The fourth-order valence-corrected chi connectivity index (χ4v) is 1.71. The van der Waals surface area contributed by atoms with Crippen LogP contribution in [0.1, 0.15) is 33.6 Å². The second-order valence-corrected chi connectivity index (χ2v) is 4.63. The summed E-state index contributed by atoms with van der Waals surface area (Å²) >= 11 is 0. The summed E-state index contributed by atoms with van der Waals surface area (Å²) in [4.78, 5) is 26.9. The van der Waals surface area contributed by atoms with Crippen LogP contribution in [0.15, 0.2) is 9.98 Å². The molecule has 4 nitrogen and oxygen atoms in total. The Kier molecular flexibility index (Phi) is 6.52. The Hall–Kier alpha value is -1.24. The molecule has 0 aromatic heterocycles. The average molecular weight is 210 g/mol. The molecular formula is C11H18N2O2. The first-order valence-corrected chi connectivity index (χ1v) is 5.09. The zero-order valence-corrected chi connectivity index (χ0v) is 9.62. The molecule has 1 atom stereocenters. The van der Waals surface area contributed by atoms with Gasteiger partial charge in [0.05, 0.1) is 13.1 Å². The topological polar surface area (TPSA) is 58.9 Å². The lowest BCUT2D eigenvalue weighted by Crippen LogP contribution is -2.18. The van der Waals surface area contributed by atoms with Crippen molar-refractivity contribution >= 4 is 12.2 Å². The van der Waals surface area contributed by atoms with E-state index in [9.17, 15) is 9.59 Å². The van der Waals surface area contributed by atoms with Gasteiger partial charge in [0.1, 0.15) is 0 Å². The molecule has 84 valence electrons. The zero-order chi connectivity index (χ0) is 11.7. The molecule has 0 fully saturated rings. The third-order valence-electron chi connectivity index (χ3n) is 2.33. The highest BCUT2D eigenvalue weighted by atomic mass is 16.1. The van der Waals surface area contributed by atoms with E-state index in [-0.39, 0.29) is 5.41 Å². The Morgan fingerprint density at radius 1 is 1.20 bits per heavy atom. The van der Waals surface area contributed by atoms with Crippen LogP contribution in [0.5, 0.6) is 0 Å². The second-order valence-electron chi connectivity index (χ2n) is 4.63. The highest BCUT2D eigenvalue weighted by Gasteiger charge is 2.20. The molecule has 0 saturated carbocycles. The van der Waals surface area contributed by atoms with Gasteiger partial charge in [0.25, 0.3) is 0 Å². The number of aliphatic imine (C=N–C) groups is 2. The number of carbonyl (C=O) groups excluding carboxylic acids is 2. The maximum atomic E-state index is 9.94. The molecule has 4 heteroatoms. The Balaban J connectivity index is 3.99. The van der Waals surface area contributed by atoms with Crippen molar-refractivity contribution in [2.45, 2.75) is 33.6 Å². The Labute approximate surface area is 90.5 Å². The quantitative estimate of drug-likeness (QED) is 0.477. The lowest BCUT2D eigenvalue weighted by atomic mass is 9.80. The minimum Gasteiger partial charge on any atom is -0.211 e. The molecule has 0 N–H and O–H groups in total. The first-order chi connectivity index (χ1) is 7.02. The molecular weight excluding hydrogens is 192 g/mol. The number of nitrogens with zero attached hydrogens (tertiary/aromatic N) is 2. The first kappa shape index (κ1) is 13.8. The van der Waals surface area contributed by atoms with Gasteiger partial charge in [-0.05, 0) is 24.2 Å². The van der Waals surface area contributed by atoms with Gasteiger partial charge < -0.3 is 0 Å². The predicted molar refractivity (Wildman–Crippen MR) is 58.2 cm³/mol. The summed E-state index contributed by atoms with van der Waals surface area (Å²) in [5, 5.41) is 0. The van der Waals surface area contributed by atoms with Gasteiger partial charge in [-0.25, -0.2) is 19.6 Å². The van der Waals surface area contributed by atoms with Crippen molar-refractivity contribution in [2.24, 2.45) is 21.3 Å².